The highest BCUT2D eigenvalue weighted by Gasteiger charge is 2.18. The molecule has 0 aliphatic rings. The lowest BCUT2D eigenvalue weighted by atomic mass is 10.2. The normalized spacial score (nSPS) is 10.4. The third kappa shape index (κ3) is 3.55. The lowest BCUT2D eigenvalue weighted by molar-refractivity contribution is 0.0981. The predicted molar refractivity (Wildman–Crippen MR) is 81.2 cm³/mol. The molecule has 1 aromatic carbocycles. The summed E-state index contributed by atoms with van der Waals surface area (Å²) < 4.78 is 0. The number of benzene rings is 1. The Morgan fingerprint density at radius 3 is 2.48 bits per heavy atom. The fraction of sp³-hybridized carbons (Fsp3) is 0.267. The van der Waals surface area contributed by atoms with Crippen LogP contribution >= 0.6 is 0 Å². The first-order chi connectivity index (χ1) is 10.2. The third-order valence-electron chi connectivity index (χ3n) is 3.07. The molecule has 2 aromatic rings. The molecule has 1 aromatic heterocycles. The molecule has 0 aliphatic carbocycles. The quantitative estimate of drug-likeness (QED) is 0.866. The summed E-state index contributed by atoms with van der Waals surface area (Å²) in [6.45, 7) is 3.03. The number of aromatic nitrogens is 2. The largest absolute Gasteiger partial charge is 0.326 e. The van der Waals surface area contributed by atoms with E-state index in [-0.39, 0.29) is 17.2 Å². The average molecular weight is 286 g/mol. The van der Waals surface area contributed by atoms with Crippen LogP contribution in [0.3, 0.4) is 0 Å². The summed E-state index contributed by atoms with van der Waals surface area (Å²) in [6, 6.07) is 10.2. The average Bonchev–Trinajstić information content (AvgIpc) is 2.53. The Kier molecular flexibility index (Phi) is 4.84. The fourth-order valence-corrected chi connectivity index (χ4v) is 1.99. The lowest BCUT2D eigenvalue weighted by Gasteiger charge is -2.22. The van der Waals surface area contributed by atoms with Crippen molar-refractivity contribution >= 4 is 11.6 Å². The van der Waals surface area contributed by atoms with Crippen molar-refractivity contribution in [1.82, 2.24) is 10.2 Å². The Labute approximate surface area is 122 Å². The van der Waals surface area contributed by atoms with E-state index in [0.29, 0.717) is 13.1 Å². The summed E-state index contributed by atoms with van der Waals surface area (Å²) >= 11 is 0. The maximum atomic E-state index is 12.5. The van der Waals surface area contributed by atoms with E-state index < -0.39 is 0 Å². The van der Waals surface area contributed by atoms with Crippen molar-refractivity contribution in [2.75, 3.05) is 11.4 Å². The minimum atomic E-state index is -0.333. The van der Waals surface area contributed by atoms with Crippen molar-refractivity contribution in [2.24, 2.45) is 5.73 Å². The Bertz CT molecular complexity index is 644. The summed E-state index contributed by atoms with van der Waals surface area (Å²) in [5, 5.41) is 6.07. The molecule has 110 valence electrons. The molecule has 0 spiro atoms. The number of carbonyl (C=O) groups is 1. The second-order valence-electron chi connectivity index (χ2n) is 4.63. The van der Waals surface area contributed by atoms with Gasteiger partial charge in [0, 0.05) is 24.8 Å². The number of nitrogens with zero attached hydrogens (tertiary/aromatic N) is 2. The Morgan fingerprint density at radius 1 is 1.24 bits per heavy atom. The SMILES string of the molecule is CCCN(C(=O)c1ccc(=O)[nH]n1)c1ccc(CN)cc1. The Balaban J connectivity index is 2.30. The highest BCUT2D eigenvalue weighted by molar-refractivity contribution is 6.04. The smallest absolute Gasteiger partial charge is 0.278 e. The van der Waals surface area contributed by atoms with Gasteiger partial charge in [-0.05, 0) is 30.2 Å². The molecule has 0 saturated carbocycles. The molecule has 6 nitrogen and oxygen atoms in total. The zero-order valence-corrected chi connectivity index (χ0v) is 11.9. The second-order valence-corrected chi connectivity index (χ2v) is 4.63. The first-order valence-corrected chi connectivity index (χ1v) is 6.82. The van der Waals surface area contributed by atoms with Gasteiger partial charge in [0.25, 0.3) is 11.5 Å². The molecular formula is C15H18N4O2. The number of anilines is 1. The number of rotatable bonds is 5. The van der Waals surface area contributed by atoms with Crippen molar-refractivity contribution < 1.29 is 4.79 Å². The predicted octanol–water partition coefficient (Wildman–Crippen LogP) is 1.29. The molecule has 0 unspecified atom stereocenters. The highest BCUT2D eigenvalue weighted by atomic mass is 16.2. The van der Waals surface area contributed by atoms with E-state index in [2.05, 4.69) is 10.2 Å². The van der Waals surface area contributed by atoms with Crippen molar-refractivity contribution in [1.29, 1.82) is 0 Å². The number of H-pyrrole nitrogens is 1. The zero-order valence-electron chi connectivity index (χ0n) is 11.9. The number of carbonyl (C=O) groups excluding carboxylic acids is 1. The fourth-order valence-electron chi connectivity index (χ4n) is 1.99. The van der Waals surface area contributed by atoms with Gasteiger partial charge in [0.2, 0.25) is 0 Å². The molecule has 21 heavy (non-hydrogen) atoms. The van der Waals surface area contributed by atoms with E-state index in [1.807, 2.05) is 31.2 Å². The van der Waals surface area contributed by atoms with Gasteiger partial charge in [-0.3, -0.25) is 9.59 Å². The molecule has 1 amide bonds. The highest BCUT2D eigenvalue weighted by Crippen LogP contribution is 2.17. The van der Waals surface area contributed by atoms with Crippen molar-refractivity contribution in [3.63, 3.8) is 0 Å². The number of nitrogens with one attached hydrogen (secondary N) is 1. The standard InChI is InChI=1S/C15H18N4O2/c1-2-9-19(12-5-3-11(10-16)4-6-12)15(21)13-7-8-14(20)18-17-13/h3-8H,2,9-10,16H2,1H3,(H,18,20). The number of nitrogens with two attached hydrogens (primary N) is 1. The topological polar surface area (TPSA) is 92.1 Å². The molecule has 2 rings (SSSR count). The lowest BCUT2D eigenvalue weighted by Crippen LogP contribution is -2.33. The van der Waals surface area contributed by atoms with E-state index in [1.54, 1.807) is 4.90 Å². The van der Waals surface area contributed by atoms with Gasteiger partial charge < -0.3 is 10.6 Å². The Morgan fingerprint density at radius 2 is 1.95 bits per heavy atom. The molecule has 1 heterocycles. The molecule has 6 heteroatoms. The number of hydrogen-bond acceptors (Lipinski definition) is 4. The van der Waals surface area contributed by atoms with Gasteiger partial charge in [-0.25, -0.2) is 5.10 Å². The second kappa shape index (κ2) is 6.81. The van der Waals surface area contributed by atoms with Crippen LogP contribution < -0.4 is 16.2 Å². The third-order valence-corrected chi connectivity index (χ3v) is 3.07. The molecule has 0 saturated heterocycles. The summed E-state index contributed by atoms with van der Waals surface area (Å²) in [5.74, 6) is -0.242. The van der Waals surface area contributed by atoms with Crippen molar-refractivity contribution in [3.05, 3.63) is 58.0 Å². The van der Waals surface area contributed by atoms with Crippen LogP contribution in [0.1, 0.15) is 29.4 Å². The minimum Gasteiger partial charge on any atom is -0.326 e. The van der Waals surface area contributed by atoms with Crippen LogP contribution in [0.2, 0.25) is 0 Å². The van der Waals surface area contributed by atoms with Gasteiger partial charge in [0.1, 0.15) is 5.69 Å². The van der Waals surface area contributed by atoms with Gasteiger partial charge in [0.05, 0.1) is 0 Å². The molecule has 0 radical (unpaired) electrons. The van der Waals surface area contributed by atoms with Gasteiger partial charge in [-0.15, -0.1) is 0 Å². The van der Waals surface area contributed by atoms with Crippen LogP contribution in [0.5, 0.6) is 0 Å². The van der Waals surface area contributed by atoms with E-state index in [9.17, 15) is 9.59 Å². The Hall–Kier alpha value is -2.47. The monoisotopic (exact) mass is 286 g/mol. The van der Waals surface area contributed by atoms with Gasteiger partial charge in [-0.1, -0.05) is 19.1 Å². The van der Waals surface area contributed by atoms with E-state index in [1.165, 1.54) is 12.1 Å². The van der Waals surface area contributed by atoms with E-state index in [4.69, 9.17) is 5.73 Å². The van der Waals surface area contributed by atoms with Crippen LogP contribution in [0, 0.1) is 0 Å². The van der Waals surface area contributed by atoms with Crippen LogP contribution in [0.4, 0.5) is 5.69 Å². The molecule has 0 aliphatic heterocycles. The molecular weight excluding hydrogens is 268 g/mol. The molecule has 0 atom stereocenters. The maximum Gasteiger partial charge on any atom is 0.278 e. The van der Waals surface area contributed by atoms with Crippen LogP contribution in [0.25, 0.3) is 0 Å². The number of hydrogen-bond donors (Lipinski definition) is 2. The van der Waals surface area contributed by atoms with Crippen molar-refractivity contribution in [3.8, 4) is 0 Å². The molecule has 3 N–H and O–H groups in total. The molecule has 0 bridgehead atoms. The summed E-state index contributed by atoms with van der Waals surface area (Å²) in [6.07, 6.45) is 0.813. The number of aromatic amines is 1. The summed E-state index contributed by atoms with van der Waals surface area (Å²) in [4.78, 5) is 25.2. The summed E-state index contributed by atoms with van der Waals surface area (Å²) in [5.41, 5.74) is 7.25. The first kappa shape index (κ1) is 14.9. The minimum absolute atomic E-state index is 0.214. The summed E-state index contributed by atoms with van der Waals surface area (Å²) in [7, 11) is 0. The number of amides is 1. The van der Waals surface area contributed by atoms with E-state index >= 15 is 0 Å². The maximum absolute atomic E-state index is 12.5. The van der Waals surface area contributed by atoms with Crippen LogP contribution in [0.15, 0.2) is 41.2 Å². The van der Waals surface area contributed by atoms with Gasteiger partial charge >= 0.3 is 0 Å². The van der Waals surface area contributed by atoms with E-state index in [0.717, 1.165) is 17.7 Å². The van der Waals surface area contributed by atoms with Gasteiger partial charge in [0.15, 0.2) is 0 Å². The van der Waals surface area contributed by atoms with Crippen LogP contribution in [-0.2, 0) is 6.54 Å². The van der Waals surface area contributed by atoms with Gasteiger partial charge in [-0.2, -0.15) is 5.10 Å². The van der Waals surface area contributed by atoms with Crippen molar-refractivity contribution in [2.45, 2.75) is 19.9 Å². The zero-order chi connectivity index (χ0) is 15.2. The molecule has 0 fully saturated rings. The first-order valence-electron chi connectivity index (χ1n) is 6.82. The van der Waals surface area contributed by atoms with Crippen LogP contribution in [-0.4, -0.2) is 22.6 Å².